The van der Waals surface area contributed by atoms with Crippen LogP contribution in [0.25, 0.3) is 11.1 Å². The Kier molecular flexibility index (Phi) is 6.63. The van der Waals surface area contributed by atoms with Crippen molar-refractivity contribution in [3.63, 3.8) is 0 Å². The van der Waals surface area contributed by atoms with E-state index in [2.05, 4.69) is 9.88 Å². The SMILES string of the molecule is NC(=O)c1cc(F)cnc1Oc1cccc(-c2ccc(O)cc2CN2CCCOCC2)c1. The van der Waals surface area contributed by atoms with Crippen LogP contribution >= 0.6 is 0 Å². The lowest BCUT2D eigenvalue weighted by atomic mass is 9.98. The molecule has 2 heterocycles. The molecule has 166 valence electrons. The van der Waals surface area contributed by atoms with Gasteiger partial charge >= 0.3 is 0 Å². The minimum absolute atomic E-state index is 0.0634. The quantitative estimate of drug-likeness (QED) is 0.610. The summed E-state index contributed by atoms with van der Waals surface area (Å²) in [5.41, 5.74) is 7.98. The van der Waals surface area contributed by atoms with Gasteiger partial charge in [0.2, 0.25) is 5.88 Å². The maximum atomic E-state index is 13.5. The van der Waals surface area contributed by atoms with Crippen molar-refractivity contribution < 1.29 is 23.8 Å². The molecule has 3 N–H and O–H groups in total. The Bertz CT molecular complexity index is 1110. The largest absolute Gasteiger partial charge is 0.508 e. The molecule has 8 heteroatoms. The first-order valence-corrected chi connectivity index (χ1v) is 10.4. The number of phenols is 1. The number of nitrogens with two attached hydrogens (primary N) is 1. The number of rotatable bonds is 6. The molecule has 1 aliphatic rings. The summed E-state index contributed by atoms with van der Waals surface area (Å²) in [7, 11) is 0. The van der Waals surface area contributed by atoms with E-state index in [4.69, 9.17) is 15.2 Å². The van der Waals surface area contributed by atoms with Crippen molar-refractivity contribution in [2.24, 2.45) is 5.73 Å². The van der Waals surface area contributed by atoms with Crippen LogP contribution in [-0.2, 0) is 11.3 Å². The van der Waals surface area contributed by atoms with Gasteiger partial charge < -0.3 is 20.3 Å². The Morgan fingerprint density at radius 2 is 2.06 bits per heavy atom. The van der Waals surface area contributed by atoms with E-state index in [-0.39, 0.29) is 17.2 Å². The van der Waals surface area contributed by atoms with Gasteiger partial charge in [-0.05, 0) is 53.4 Å². The van der Waals surface area contributed by atoms with Crippen LogP contribution in [-0.4, -0.2) is 47.2 Å². The number of ether oxygens (including phenoxy) is 2. The van der Waals surface area contributed by atoms with E-state index in [1.54, 1.807) is 24.3 Å². The van der Waals surface area contributed by atoms with Crippen LogP contribution in [0.15, 0.2) is 54.7 Å². The number of hydrogen-bond acceptors (Lipinski definition) is 6. The number of aromatic nitrogens is 1. The first-order valence-electron chi connectivity index (χ1n) is 10.4. The van der Waals surface area contributed by atoms with Crippen LogP contribution in [0, 0.1) is 5.82 Å². The Labute approximate surface area is 185 Å². The summed E-state index contributed by atoms with van der Waals surface area (Å²) in [6.45, 7) is 3.86. The summed E-state index contributed by atoms with van der Waals surface area (Å²) in [5, 5.41) is 10.1. The first kappa shape index (κ1) is 21.7. The Morgan fingerprint density at radius 3 is 2.91 bits per heavy atom. The number of primary amides is 1. The monoisotopic (exact) mass is 437 g/mol. The number of amides is 1. The molecule has 0 bridgehead atoms. The number of pyridine rings is 1. The van der Waals surface area contributed by atoms with Crippen molar-refractivity contribution in [3.8, 4) is 28.5 Å². The van der Waals surface area contributed by atoms with Gasteiger partial charge in [0.1, 0.15) is 22.9 Å². The summed E-state index contributed by atoms with van der Waals surface area (Å²) in [5.74, 6) is -0.945. The summed E-state index contributed by atoms with van der Waals surface area (Å²) in [6, 6.07) is 13.5. The summed E-state index contributed by atoms with van der Waals surface area (Å²) < 4.78 is 24.8. The molecule has 7 nitrogen and oxygen atoms in total. The molecule has 1 saturated heterocycles. The zero-order valence-corrected chi connectivity index (χ0v) is 17.5. The maximum Gasteiger partial charge on any atom is 0.254 e. The normalized spacial score (nSPS) is 14.7. The van der Waals surface area contributed by atoms with Crippen LogP contribution < -0.4 is 10.5 Å². The molecule has 0 radical (unpaired) electrons. The van der Waals surface area contributed by atoms with Crippen molar-refractivity contribution >= 4 is 5.91 Å². The Hall–Kier alpha value is -3.49. The van der Waals surface area contributed by atoms with E-state index in [1.807, 2.05) is 18.2 Å². The average molecular weight is 437 g/mol. The second-order valence-corrected chi connectivity index (χ2v) is 7.58. The molecule has 3 aromatic rings. The van der Waals surface area contributed by atoms with Gasteiger partial charge in [-0.2, -0.15) is 0 Å². The molecule has 1 aliphatic heterocycles. The number of aromatic hydroxyl groups is 1. The van der Waals surface area contributed by atoms with Crippen molar-refractivity contribution in [1.29, 1.82) is 0 Å². The summed E-state index contributed by atoms with van der Waals surface area (Å²) >= 11 is 0. The minimum atomic E-state index is -0.828. The number of hydrogen-bond donors (Lipinski definition) is 2. The second kappa shape index (κ2) is 9.76. The maximum absolute atomic E-state index is 13.5. The van der Waals surface area contributed by atoms with Crippen LogP contribution in [0.5, 0.6) is 17.4 Å². The lowest BCUT2D eigenvalue weighted by Crippen LogP contribution is -2.26. The van der Waals surface area contributed by atoms with Gasteiger partial charge in [0.15, 0.2) is 0 Å². The third-order valence-corrected chi connectivity index (χ3v) is 5.24. The van der Waals surface area contributed by atoms with Gasteiger partial charge in [-0.1, -0.05) is 18.2 Å². The van der Waals surface area contributed by atoms with E-state index in [0.717, 1.165) is 55.1 Å². The highest BCUT2D eigenvalue weighted by Crippen LogP contribution is 2.32. The number of benzene rings is 2. The third-order valence-electron chi connectivity index (χ3n) is 5.24. The number of phenolic OH excluding ortho intramolecular Hbond substituents is 1. The highest BCUT2D eigenvalue weighted by Gasteiger charge is 2.16. The number of carbonyl (C=O) groups is 1. The number of nitrogens with zero attached hydrogens (tertiary/aromatic N) is 2. The molecule has 1 amide bonds. The standard InChI is InChI=1S/C24H24FN3O4/c25-18-13-22(23(26)30)24(27-14-18)32-20-4-1-3-16(12-20)21-6-5-19(29)11-17(21)15-28-7-2-9-31-10-8-28/h1,3-6,11-14,29H,2,7-10,15H2,(H2,26,30). The van der Waals surface area contributed by atoms with E-state index in [9.17, 15) is 14.3 Å². The number of carbonyl (C=O) groups excluding carboxylic acids is 1. The summed E-state index contributed by atoms with van der Waals surface area (Å²) in [6.07, 6.45) is 1.93. The van der Waals surface area contributed by atoms with E-state index < -0.39 is 11.7 Å². The molecule has 1 fully saturated rings. The highest BCUT2D eigenvalue weighted by atomic mass is 19.1. The zero-order valence-electron chi connectivity index (χ0n) is 17.5. The number of halogens is 1. The van der Waals surface area contributed by atoms with Gasteiger partial charge in [-0.25, -0.2) is 9.37 Å². The minimum Gasteiger partial charge on any atom is -0.508 e. The molecular formula is C24H24FN3O4. The fourth-order valence-corrected chi connectivity index (χ4v) is 3.71. The molecule has 0 atom stereocenters. The Balaban J connectivity index is 1.63. The Morgan fingerprint density at radius 1 is 1.19 bits per heavy atom. The van der Waals surface area contributed by atoms with Crippen LogP contribution in [0.1, 0.15) is 22.3 Å². The molecule has 2 aromatic carbocycles. The molecule has 0 spiro atoms. The van der Waals surface area contributed by atoms with Crippen LogP contribution in [0.4, 0.5) is 4.39 Å². The van der Waals surface area contributed by atoms with Crippen LogP contribution in [0.3, 0.4) is 0 Å². The van der Waals surface area contributed by atoms with Gasteiger partial charge in [-0.3, -0.25) is 9.69 Å². The lowest BCUT2D eigenvalue weighted by Gasteiger charge is -2.21. The fourth-order valence-electron chi connectivity index (χ4n) is 3.71. The topological polar surface area (TPSA) is 97.9 Å². The highest BCUT2D eigenvalue weighted by molar-refractivity contribution is 5.95. The van der Waals surface area contributed by atoms with E-state index >= 15 is 0 Å². The van der Waals surface area contributed by atoms with Crippen molar-refractivity contribution in [2.75, 3.05) is 26.3 Å². The molecular weight excluding hydrogens is 413 g/mol. The predicted molar refractivity (Wildman–Crippen MR) is 117 cm³/mol. The third kappa shape index (κ3) is 5.22. The molecule has 32 heavy (non-hydrogen) atoms. The molecule has 0 saturated carbocycles. The zero-order chi connectivity index (χ0) is 22.5. The molecule has 4 rings (SSSR count). The lowest BCUT2D eigenvalue weighted by molar-refractivity contribution is 0.0997. The van der Waals surface area contributed by atoms with Crippen molar-refractivity contribution in [1.82, 2.24) is 9.88 Å². The van der Waals surface area contributed by atoms with Crippen LogP contribution in [0.2, 0.25) is 0 Å². The molecule has 0 unspecified atom stereocenters. The molecule has 0 aliphatic carbocycles. The first-order chi connectivity index (χ1) is 15.5. The smallest absolute Gasteiger partial charge is 0.254 e. The average Bonchev–Trinajstić information content (AvgIpc) is 3.04. The van der Waals surface area contributed by atoms with Gasteiger partial charge in [0.05, 0.1) is 12.8 Å². The van der Waals surface area contributed by atoms with E-state index in [1.165, 1.54) is 0 Å². The van der Waals surface area contributed by atoms with Crippen molar-refractivity contribution in [3.05, 3.63) is 71.7 Å². The van der Waals surface area contributed by atoms with Gasteiger partial charge in [0.25, 0.3) is 5.91 Å². The summed E-state index contributed by atoms with van der Waals surface area (Å²) in [4.78, 5) is 17.8. The molecule has 1 aromatic heterocycles. The fraction of sp³-hybridized carbons (Fsp3) is 0.250. The predicted octanol–water partition coefficient (Wildman–Crippen LogP) is 3.71. The van der Waals surface area contributed by atoms with Crippen molar-refractivity contribution in [2.45, 2.75) is 13.0 Å². The van der Waals surface area contributed by atoms with Gasteiger partial charge in [0, 0.05) is 26.2 Å². The van der Waals surface area contributed by atoms with E-state index in [0.29, 0.717) is 18.9 Å². The second-order valence-electron chi connectivity index (χ2n) is 7.58. The van der Waals surface area contributed by atoms with Gasteiger partial charge in [-0.15, -0.1) is 0 Å².